The van der Waals surface area contributed by atoms with Crippen molar-refractivity contribution in [2.45, 2.75) is 5.75 Å². The molecule has 0 spiro atoms. The molecule has 1 N–H and O–H groups in total. The highest BCUT2D eigenvalue weighted by Crippen LogP contribution is 2.11. The molecule has 0 bridgehead atoms. The Hall–Kier alpha value is -2.47. The number of hydrogen-bond acceptors (Lipinski definition) is 4. The van der Waals surface area contributed by atoms with Crippen LogP contribution in [0.4, 0.5) is 0 Å². The van der Waals surface area contributed by atoms with Gasteiger partial charge < -0.3 is 9.73 Å². The average Bonchev–Trinajstić information content (AvgIpc) is 3.27. The molecule has 0 fully saturated rings. The zero-order valence-corrected chi connectivity index (χ0v) is 13.3. The highest BCUT2D eigenvalue weighted by Gasteiger charge is 2.08. The maximum Gasteiger partial charge on any atom is 0.254 e. The van der Waals surface area contributed by atoms with Gasteiger partial charge in [-0.3, -0.25) is 4.79 Å². The Labute approximate surface area is 138 Å². The molecule has 0 unspecified atom stereocenters. The second kappa shape index (κ2) is 7.69. The molecule has 0 aliphatic carbocycles. The molecule has 3 aromatic rings. The van der Waals surface area contributed by atoms with E-state index < -0.39 is 0 Å². The topological polar surface area (TPSA) is 60.1 Å². The first-order valence-corrected chi connectivity index (χ1v) is 8.47. The average molecular weight is 327 g/mol. The molecule has 5 nitrogen and oxygen atoms in total. The van der Waals surface area contributed by atoms with Gasteiger partial charge in [0, 0.05) is 18.5 Å². The Morgan fingerprint density at radius 2 is 2.09 bits per heavy atom. The normalized spacial score (nSPS) is 10.6. The van der Waals surface area contributed by atoms with Crippen molar-refractivity contribution in [1.82, 2.24) is 15.1 Å². The molecule has 0 saturated carbocycles. The van der Waals surface area contributed by atoms with Crippen molar-refractivity contribution in [3.8, 4) is 5.69 Å². The van der Waals surface area contributed by atoms with Crippen LogP contribution in [0.1, 0.15) is 16.1 Å². The van der Waals surface area contributed by atoms with Gasteiger partial charge in [0.1, 0.15) is 5.76 Å². The van der Waals surface area contributed by atoms with Gasteiger partial charge in [-0.2, -0.15) is 16.9 Å². The molecule has 6 heteroatoms. The lowest BCUT2D eigenvalue weighted by Crippen LogP contribution is -2.25. The molecule has 0 saturated heterocycles. The minimum Gasteiger partial charge on any atom is -0.468 e. The summed E-state index contributed by atoms with van der Waals surface area (Å²) in [5.41, 5.74) is 1.49. The first-order chi connectivity index (χ1) is 11.3. The van der Waals surface area contributed by atoms with E-state index in [0.29, 0.717) is 12.1 Å². The summed E-state index contributed by atoms with van der Waals surface area (Å²) < 4.78 is 6.95. The summed E-state index contributed by atoms with van der Waals surface area (Å²) in [6.07, 6.45) is 4.99. The molecule has 2 heterocycles. The summed E-state index contributed by atoms with van der Waals surface area (Å²) in [4.78, 5) is 12.1. The van der Waals surface area contributed by atoms with Crippen molar-refractivity contribution in [3.63, 3.8) is 0 Å². The van der Waals surface area contributed by atoms with E-state index in [1.807, 2.05) is 42.5 Å². The SMILES string of the molecule is O=C(NCCSCc1ccco1)c1cnn(-c2ccccc2)c1. The molecule has 0 aliphatic heterocycles. The highest BCUT2D eigenvalue weighted by molar-refractivity contribution is 7.98. The number of hydrogen-bond donors (Lipinski definition) is 1. The van der Waals surface area contributed by atoms with Gasteiger partial charge in [0.15, 0.2) is 0 Å². The lowest BCUT2D eigenvalue weighted by atomic mass is 10.3. The van der Waals surface area contributed by atoms with Crippen molar-refractivity contribution in [3.05, 3.63) is 72.4 Å². The summed E-state index contributed by atoms with van der Waals surface area (Å²) in [5.74, 6) is 2.49. The van der Waals surface area contributed by atoms with E-state index in [4.69, 9.17) is 4.42 Å². The molecule has 2 aromatic heterocycles. The van der Waals surface area contributed by atoms with Crippen molar-refractivity contribution in [2.75, 3.05) is 12.3 Å². The first kappa shape index (κ1) is 15.4. The molecule has 3 rings (SSSR count). The predicted molar refractivity (Wildman–Crippen MR) is 90.8 cm³/mol. The van der Waals surface area contributed by atoms with Crippen molar-refractivity contribution < 1.29 is 9.21 Å². The van der Waals surface area contributed by atoms with Crippen LogP contribution >= 0.6 is 11.8 Å². The van der Waals surface area contributed by atoms with E-state index in [2.05, 4.69) is 10.4 Å². The summed E-state index contributed by atoms with van der Waals surface area (Å²) in [7, 11) is 0. The smallest absolute Gasteiger partial charge is 0.254 e. The first-order valence-electron chi connectivity index (χ1n) is 7.31. The maximum atomic E-state index is 12.1. The zero-order chi connectivity index (χ0) is 15.9. The molecular weight excluding hydrogens is 310 g/mol. The van der Waals surface area contributed by atoms with Crippen LogP contribution in [0.15, 0.2) is 65.5 Å². The van der Waals surface area contributed by atoms with Crippen LogP contribution in [0.5, 0.6) is 0 Å². The van der Waals surface area contributed by atoms with Crippen LogP contribution in [0.25, 0.3) is 5.69 Å². The molecule has 0 atom stereocenters. The maximum absolute atomic E-state index is 12.1. The molecule has 0 radical (unpaired) electrons. The summed E-state index contributed by atoms with van der Waals surface area (Å²) >= 11 is 1.72. The van der Waals surface area contributed by atoms with Gasteiger partial charge in [-0.1, -0.05) is 18.2 Å². The van der Waals surface area contributed by atoms with Gasteiger partial charge in [0.2, 0.25) is 0 Å². The van der Waals surface area contributed by atoms with E-state index in [9.17, 15) is 4.79 Å². The fourth-order valence-electron chi connectivity index (χ4n) is 2.07. The van der Waals surface area contributed by atoms with Gasteiger partial charge in [-0.05, 0) is 24.3 Å². The third-order valence-corrected chi connectivity index (χ3v) is 4.20. The van der Waals surface area contributed by atoms with Crippen molar-refractivity contribution >= 4 is 17.7 Å². The molecule has 1 amide bonds. The summed E-state index contributed by atoms with van der Waals surface area (Å²) in [6, 6.07) is 13.5. The monoisotopic (exact) mass is 327 g/mol. The Bertz CT molecular complexity index is 738. The number of carbonyl (C=O) groups excluding carboxylic acids is 1. The number of para-hydroxylation sites is 1. The number of aromatic nitrogens is 2. The lowest BCUT2D eigenvalue weighted by Gasteiger charge is -2.03. The number of amides is 1. The molecule has 23 heavy (non-hydrogen) atoms. The standard InChI is InChI=1S/C17H17N3O2S/c21-17(18-8-10-23-13-16-7-4-9-22-16)14-11-19-20(12-14)15-5-2-1-3-6-15/h1-7,9,11-12H,8,10,13H2,(H,18,21). The highest BCUT2D eigenvalue weighted by atomic mass is 32.2. The van der Waals surface area contributed by atoms with E-state index in [-0.39, 0.29) is 5.91 Å². The van der Waals surface area contributed by atoms with Crippen LogP contribution in [0.2, 0.25) is 0 Å². The number of nitrogens with one attached hydrogen (secondary N) is 1. The van der Waals surface area contributed by atoms with Crippen LogP contribution in [0, 0.1) is 0 Å². The molecule has 0 aliphatic rings. The van der Waals surface area contributed by atoms with Gasteiger partial charge >= 0.3 is 0 Å². The van der Waals surface area contributed by atoms with E-state index >= 15 is 0 Å². The van der Waals surface area contributed by atoms with Gasteiger partial charge in [0.05, 0.1) is 29.5 Å². The Morgan fingerprint density at radius 1 is 1.22 bits per heavy atom. The third-order valence-electron chi connectivity index (χ3n) is 3.22. The third kappa shape index (κ3) is 4.26. The van der Waals surface area contributed by atoms with E-state index in [1.165, 1.54) is 0 Å². The fraction of sp³-hybridized carbons (Fsp3) is 0.176. The second-order valence-electron chi connectivity index (χ2n) is 4.90. The van der Waals surface area contributed by atoms with E-state index in [1.54, 1.807) is 35.1 Å². The predicted octanol–water partition coefficient (Wildman–Crippen LogP) is 3.13. The van der Waals surface area contributed by atoms with Crippen LogP contribution in [-0.2, 0) is 5.75 Å². The fourth-order valence-corrected chi connectivity index (χ4v) is 2.82. The quantitative estimate of drug-likeness (QED) is 0.677. The van der Waals surface area contributed by atoms with Crippen LogP contribution < -0.4 is 5.32 Å². The lowest BCUT2D eigenvalue weighted by molar-refractivity contribution is 0.0956. The van der Waals surface area contributed by atoms with Crippen LogP contribution in [-0.4, -0.2) is 28.0 Å². The van der Waals surface area contributed by atoms with Crippen molar-refractivity contribution in [2.24, 2.45) is 0 Å². The van der Waals surface area contributed by atoms with Gasteiger partial charge in [-0.25, -0.2) is 4.68 Å². The number of carbonyl (C=O) groups is 1. The largest absolute Gasteiger partial charge is 0.468 e. The van der Waals surface area contributed by atoms with Crippen LogP contribution in [0.3, 0.4) is 0 Å². The number of nitrogens with zero attached hydrogens (tertiary/aromatic N) is 2. The Kier molecular flexibility index (Phi) is 5.16. The number of benzene rings is 1. The van der Waals surface area contributed by atoms with Gasteiger partial charge in [-0.15, -0.1) is 0 Å². The number of thioether (sulfide) groups is 1. The molecule has 1 aromatic carbocycles. The Balaban J connectivity index is 1.44. The zero-order valence-electron chi connectivity index (χ0n) is 12.5. The number of rotatable bonds is 7. The van der Waals surface area contributed by atoms with E-state index in [0.717, 1.165) is 23.0 Å². The Morgan fingerprint density at radius 3 is 2.87 bits per heavy atom. The van der Waals surface area contributed by atoms with Gasteiger partial charge in [0.25, 0.3) is 5.91 Å². The van der Waals surface area contributed by atoms with Crippen molar-refractivity contribution in [1.29, 1.82) is 0 Å². The minimum atomic E-state index is -0.106. The summed E-state index contributed by atoms with van der Waals surface area (Å²) in [5, 5.41) is 7.12. The number of furan rings is 1. The summed E-state index contributed by atoms with van der Waals surface area (Å²) in [6.45, 7) is 0.612. The minimum absolute atomic E-state index is 0.106. The second-order valence-corrected chi connectivity index (χ2v) is 6.00. The molecule has 118 valence electrons. The molecular formula is C17H17N3O2S.